The number of alkyl carbamates (subject to hydrolysis) is 2. The smallest absolute Gasteiger partial charge is 0.408 e. The Labute approximate surface area is 217 Å². The van der Waals surface area contributed by atoms with Gasteiger partial charge in [-0.3, -0.25) is 9.59 Å². The second kappa shape index (κ2) is 14.5. The van der Waals surface area contributed by atoms with Gasteiger partial charge in [0.05, 0.1) is 5.92 Å². The van der Waals surface area contributed by atoms with Gasteiger partial charge in [0.2, 0.25) is 11.8 Å². The normalized spacial score (nSPS) is 12.5. The molecule has 2 atom stereocenters. The third kappa shape index (κ3) is 11.5. The molecule has 0 aliphatic rings. The molecule has 0 radical (unpaired) electrons. The van der Waals surface area contributed by atoms with Gasteiger partial charge in [0, 0.05) is 13.1 Å². The van der Waals surface area contributed by atoms with Crippen LogP contribution in [-0.4, -0.2) is 48.7 Å². The van der Waals surface area contributed by atoms with Crippen LogP contribution in [0.3, 0.4) is 0 Å². The van der Waals surface area contributed by atoms with E-state index in [0.717, 1.165) is 5.56 Å². The number of nitrogens with two attached hydrogens (primary N) is 1. The first-order valence-electron chi connectivity index (χ1n) is 12.1. The maximum Gasteiger partial charge on any atom is 0.408 e. The maximum absolute atomic E-state index is 12.9. The van der Waals surface area contributed by atoms with Crippen molar-refractivity contribution in [1.29, 1.82) is 0 Å². The number of rotatable bonds is 12. The van der Waals surface area contributed by atoms with Crippen molar-refractivity contribution in [2.45, 2.75) is 57.8 Å². The van der Waals surface area contributed by atoms with E-state index in [-0.39, 0.29) is 26.1 Å². The predicted octanol–water partition coefficient (Wildman–Crippen LogP) is 2.97. The van der Waals surface area contributed by atoms with Gasteiger partial charge in [-0.15, -0.1) is 0 Å². The summed E-state index contributed by atoms with van der Waals surface area (Å²) in [4.78, 5) is 49.2. The first-order chi connectivity index (χ1) is 17.5. The molecule has 37 heavy (non-hydrogen) atoms. The molecule has 5 N–H and O–H groups in total. The summed E-state index contributed by atoms with van der Waals surface area (Å²) >= 11 is 0. The zero-order valence-corrected chi connectivity index (χ0v) is 21.5. The van der Waals surface area contributed by atoms with E-state index in [4.69, 9.17) is 15.2 Å². The summed E-state index contributed by atoms with van der Waals surface area (Å²) in [6.45, 7) is 5.47. The fourth-order valence-corrected chi connectivity index (χ4v) is 3.38. The predicted molar refractivity (Wildman–Crippen MR) is 138 cm³/mol. The molecule has 0 saturated carbocycles. The van der Waals surface area contributed by atoms with E-state index in [1.165, 1.54) is 0 Å². The van der Waals surface area contributed by atoms with Gasteiger partial charge in [-0.05, 0) is 44.7 Å². The third-order valence-electron chi connectivity index (χ3n) is 5.18. The van der Waals surface area contributed by atoms with E-state index in [0.29, 0.717) is 12.0 Å². The van der Waals surface area contributed by atoms with Gasteiger partial charge >= 0.3 is 12.2 Å². The Morgan fingerprint density at radius 1 is 0.892 bits per heavy atom. The van der Waals surface area contributed by atoms with Crippen LogP contribution in [0.4, 0.5) is 9.59 Å². The summed E-state index contributed by atoms with van der Waals surface area (Å²) in [5, 5.41) is 7.89. The van der Waals surface area contributed by atoms with E-state index in [2.05, 4.69) is 16.0 Å². The van der Waals surface area contributed by atoms with E-state index < -0.39 is 41.6 Å². The van der Waals surface area contributed by atoms with E-state index in [9.17, 15) is 19.2 Å². The highest BCUT2D eigenvalue weighted by Crippen LogP contribution is 2.14. The summed E-state index contributed by atoms with van der Waals surface area (Å²) in [5.41, 5.74) is 6.32. The molecule has 2 rings (SSSR count). The number of hydrogen-bond acceptors (Lipinski definition) is 6. The summed E-state index contributed by atoms with van der Waals surface area (Å²) in [7, 11) is 0. The minimum Gasteiger partial charge on any atom is -0.445 e. The van der Waals surface area contributed by atoms with Crippen molar-refractivity contribution in [2.75, 3.05) is 13.1 Å². The Kier molecular flexibility index (Phi) is 11.4. The lowest BCUT2D eigenvalue weighted by Crippen LogP contribution is -2.49. The van der Waals surface area contributed by atoms with Crippen LogP contribution in [0.15, 0.2) is 60.7 Å². The van der Waals surface area contributed by atoms with Crippen molar-refractivity contribution >= 4 is 24.0 Å². The Morgan fingerprint density at radius 3 is 2.11 bits per heavy atom. The second-order valence-electron chi connectivity index (χ2n) is 9.44. The highest BCUT2D eigenvalue weighted by atomic mass is 16.6. The summed E-state index contributed by atoms with van der Waals surface area (Å²) in [6, 6.07) is 17.2. The number of hydrogen-bond donors (Lipinski definition) is 4. The van der Waals surface area contributed by atoms with Crippen LogP contribution >= 0.6 is 0 Å². The largest absolute Gasteiger partial charge is 0.445 e. The molecule has 2 unspecified atom stereocenters. The molecule has 0 saturated heterocycles. The van der Waals surface area contributed by atoms with Gasteiger partial charge in [0.1, 0.15) is 18.2 Å². The molecule has 0 heterocycles. The highest BCUT2D eigenvalue weighted by Gasteiger charge is 2.26. The molecule has 0 aliphatic heterocycles. The average molecular weight is 513 g/mol. The van der Waals surface area contributed by atoms with Gasteiger partial charge in [-0.25, -0.2) is 9.59 Å². The number of primary amides is 1. The molecule has 0 bridgehead atoms. The zero-order valence-electron chi connectivity index (χ0n) is 21.5. The van der Waals surface area contributed by atoms with Crippen LogP contribution in [0.1, 0.15) is 50.7 Å². The lowest BCUT2D eigenvalue weighted by atomic mass is 9.98. The molecule has 0 aliphatic carbocycles. The standard InChI is InChI=1S/C27H36N4O6/c1-27(2,3)37-26(35)31-22(15-10-16-29-25(34)36-18-19-11-6-4-7-12-19)24(33)30-17-21(23(28)32)20-13-8-5-9-14-20/h4-9,11-14,21-22H,10,15-18H2,1-3H3,(H2,28,32)(H,29,34)(H,30,33)(H,31,35). The number of carbonyl (C=O) groups excluding carboxylic acids is 4. The first-order valence-corrected chi connectivity index (χ1v) is 12.1. The lowest BCUT2D eigenvalue weighted by Gasteiger charge is -2.24. The number of carbonyl (C=O) groups is 4. The minimum absolute atomic E-state index is 0.0330. The second-order valence-corrected chi connectivity index (χ2v) is 9.44. The van der Waals surface area contributed by atoms with Crippen molar-refractivity contribution in [3.05, 3.63) is 71.8 Å². The van der Waals surface area contributed by atoms with E-state index >= 15 is 0 Å². The molecule has 4 amide bonds. The van der Waals surface area contributed by atoms with Crippen LogP contribution in [0, 0.1) is 0 Å². The first kappa shape index (κ1) is 29.2. The zero-order chi connectivity index (χ0) is 27.3. The van der Waals surface area contributed by atoms with Crippen molar-refractivity contribution < 1.29 is 28.7 Å². The molecular formula is C27H36N4O6. The maximum atomic E-state index is 12.9. The summed E-state index contributed by atoms with van der Waals surface area (Å²) in [6.07, 6.45) is -0.766. The monoisotopic (exact) mass is 512 g/mol. The number of nitrogens with one attached hydrogen (secondary N) is 3. The fourth-order valence-electron chi connectivity index (χ4n) is 3.38. The van der Waals surface area contributed by atoms with Crippen molar-refractivity contribution in [3.63, 3.8) is 0 Å². The SMILES string of the molecule is CC(C)(C)OC(=O)NC(CCCNC(=O)OCc1ccccc1)C(=O)NCC(C(N)=O)c1ccccc1. The molecule has 10 heteroatoms. The Bertz CT molecular complexity index is 1020. The number of ether oxygens (including phenoxy) is 2. The Morgan fingerprint density at radius 2 is 1.51 bits per heavy atom. The van der Waals surface area contributed by atoms with Gasteiger partial charge in [-0.1, -0.05) is 60.7 Å². The van der Waals surface area contributed by atoms with Crippen molar-refractivity contribution in [2.24, 2.45) is 5.73 Å². The van der Waals surface area contributed by atoms with Gasteiger partial charge in [0.25, 0.3) is 0 Å². The van der Waals surface area contributed by atoms with Crippen molar-refractivity contribution in [1.82, 2.24) is 16.0 Å². The molecule has 0 fully saturated rings. The molecule has 0 aromatic heterocycles. The molecule has 200 valence electrons. The quantitative estimate of drug-likeness (QED) is 0.321. The molecular weight excluding hydrogens is 476 g/mol. The molecule has 0 spiro atoms. The third-order valence-corrected chi connectivity index (χ3v) is 5.18. The molecule has 10 nitrogen and oxygen atoms in total. The van der Waals surface area contributed by atoms with E-state index in [1.54, 1.807) is 45.0 Å². The van der Waals surface area contributed by atoms with Crippen LogP contribution in [0.25, 0.3) is 0 Å². The number of amides is 4. The van der Waals surface area contributed by atoms with Gasteiger partial charge < -0.3 is 31.2 Å². The topological polar surface area (TPSA) is 149 Å². The lowest BCUT2D eigenvalue weighted by molar-refractivity contribution is -0.124. The van der Waals surface area contributed by atoms with Gasteiger partial charge in [-0.2, -0.15) is 0 Å². The Hall–Kier alpha value is -4.08. The fraction of sp³-hybridized carbons (Fsp3) is 0.407. The minimum atomic E-state index is -0.957. The van der Waals surface area contributed by atoms with E-state index in [1.807, 2.05) is 36.4 Å². The summed E-state index contributed by atoms with van der Waals surface area (Å²) < 4.78 is 10.4. The van der Waals surface area contributed by atoms with Crippen LogP contribution < -0.4 is 21.7 Å². The van der Waals surface area contributed by atoms with Crippen LogP contribution in [0.2, 0.25) is 0 Å². The molecule has 2 aromatic carbocycles. The average Bonchev–Trinajstić information content (AvgIpc) is 2.84. The highest BCUT2D eigenvalue weighted by molar-refractivity contribution is 5.87. The number of benzene rings is 2. The van der Waals surface area contributed by atoms with Gasteiger partial charge in [0.15, 0.2) is 0 Å². The molecule has 2 aromatic rings. The van der Waals surface area contributed by atoms with Crippen LogP contribution in [0.5, 0.6) is 0 Å². The Balaban J connectivity index is 1.90. The van der Waals surface area contributed by atoms with Crippen LogP contribution in [-0.2, 0) is 25.7 Å². The summed E-state index contributed by atoms with van der Waals surface area (Å²) in [5.74, 6) is -1.81. The van der Waals surface area contributed by atoms with Crippen molar-refractivity contribution in [3.8, 4) is 0 Å².